The van der Waals surface area contributed by atoms with Crippen LogP contribution >= 0.6 is 0 Å². The number of unbranched alkanes of at least 4 members (excludes halogenated alkanes) is 1. The lowest BCUT2D eigenvalue weighted by Gasteiger charge is -2.06. The predicted molar refractivity (Wildman–Crippen MR) is 64.8 cm³/mol. The second-order valence-corrected chi connectivity index (χ2v) is 3.44. The van der Waals surface area contributed by atoms with Gasteiger partial charge in [0.2, 0.25) is 0 Å². The van der Waals surface area contributed by atoms with Gasteiger partial charge < -0.3 is 0 Å². The molecule has 0 rings (SSSR count). The number of hydrogen-bond donors (Lipinski definition) is 0. The molecular formula is C13H18O4. The van der Waals surface area contributed by atoms with Crippen LogP contribution < -0.4 is 0 Å². The molecule has 17 heavy (non-hydrogen) atoms. The molecule has 4 nitrogen and oxygen atoms in total. The van der Waals surface area contributed by atoms with Gasteiger partial charge in [-0.25, -0.2) is 19.4 Å². The maximum Gasteiger partial charge on any atom is 0.382 e. The molecule has 0 aromatic carbocycles. The summed E-state index contributed by atoms with van der Waals surface area (Å²) in [6.45, 7) is 10.5. The Morgan fingerprint density at radius 1 is 1.18 bits per heavy atom. The highest BCUT2D eigenvalue weighted by atomic mass is 17.2. The Bertz CT molecular complexity index is 339. The summed E-state index contributed by atoms with van der Waals surface area (Å²) in [7, 11) is 0. The van der Waals surface area contributed by atoms with Crippen molar-refractivity contribution in [3.8, 4) is 0 Å². The predicted octanol–water partition coefficient (Wildman–Crippen LogP) is 2.87. The lowest BCUT2D eigenvalue weighted by molar-refractivity contribution is -0.251. The van der Waals surface area contributed by atoms with Gasteiger partial charge in [0.05, 0.1) is 0 Å². The molecule has 0 fully saturated rings. The van der Waals surface area contributed by atoms with Crippen molar-refractivity contribution in [3.63, 3.8) is 0 Å². The minimum Gasteiger partial charge on any atom is -0.242 e. The Balaban J connectivity index is 4.51. The lowest BCUT2D eigenvalue weighted by Crippen LogP contribution is -2.11. The zero-order valence-electron chi connectivity index (χ0n) is 10.3. The highest BCUT2D eigenvalue weighted by Gasteiger charge is 2.13. The van der Waals surface area contributed by atoms with E-state index in [1.54, 1.807) is 13.0 Å². The number of rotatable bonds is 6. The number of carbonyl (C=O) groups is 2. The Labute approximate surface area is 102 Å². The number of carbonyl (C=O) groups excluding carboxylic acids is 2. The van der Waals surface area contributed by atoms with E-state index in [4.69, 9.17) is 0 Å². The van der Waals surface area contributed by atoms with Gasteiger partial charge in [0.15, 0.2) is 0 Å². The minimum atomic E-state index is -0.806. The summed E-state index contributed by atoms with van der Waals surface area (Å²) < 4.78 is 0. The first-order chi connectivity index (χ1) is 8.06. The number of allylic oxidation sites excluding steroid dienone is 2. The van der Waals surface area contributed by atoms with E-state index < -0.39 is 11.9 Å². The Hall–Kier alpha value is -1.84. The van der Waals surface area contributed by atoms with E-state index in [2.05, 4.69) is 29.9 Å². The smallest absolute Gasteiger partial charge is 0.242 e. The van der Waals surface area contributed by atoms with Crippen molar-refractivity contribution in [1.29, 1.82) is 0 Å². The van der Waals surface area contributed by atoms with Crippen molar-refractivity contribution < 1.29 is 19.4 Å². The van der Waals surface area contributed by atoms with Gasteiger partial charge >= 0.3 is 11.9 Å². The Morgan fingerprint density at radius 3 is 2.29 bits per heavy atom. The van der Waals surface area contributed by atoms with Gasteiger partial charge in [-0.15, -0.1) is 0 Å². The first-order valence-electron chi connectivity index (χ1n) is 5.44. The molecule has 0 saturated carbocycles. The summed E-state index contributed by atoms with van der Waals surface area (Å²) in [6, 6.07) is 0. The van der Waals surface area contributed by atoms with Crippen LogP contribution in [0.15, 0.2) is 36.5 Å². The maximum atomic E-state index is 11.5. The van der Waals surface area contributed by atoms with Crippen molar-refractivity contribution >= 4 is 11.9 Å². The average molecular weight is 238 g/mol. The molecule has 0 aromatic rings. The Morgan fingerprint density at radius 2 is 1.82 bits per heavy atom. The van der Waals surface area contributed by atoms with Gasteiger partial charge in [-0.2, -0.15) is 0 Å². The quantitative estimate of drug-likeness (QED) is 0.309. The van der Waals surface area contributed by atoms with E-state index in [9.17, 15) is 9.59 Å². The van der Waals surface area contributed by atoms with Crippen LogP contribution in [0.5, 0.6) is 0 Å². The van der Waals surface area contributed by atoms with Crippen LogP contribution in [0.25, 0.3) is 0 Å². The third-order valence-corrected chi connectivity index (χ3v) is 2.20. The minimum absolute atomic E-state index is 0.394. The molecule has 0 unspecified atom stereocenters. The fourth-order valence-electron chi connectivity index (χ4n) is 1.12. The standard InChI is InChI=1S/C13H18O4/c1-5-8-9-11(6-2)10(4)13(15)17-16-12(14)7-3/h6-7H,2-3,5,8-9H2,1,4H3/b11-10-. The first-order valence-corrected chi connectivity index (χ1v) is 5.44. The molecule has 0 bridgehead atoms. The van der Waals surface area contributed by atoms with E-state index >= 15 is 0 Å². The van der Waals surface area contributed by atoms with Gasteiger partial charge in [0.25, 0.3) is 0 Å². The molecule has 0 atom stereocenters. The van der Waals surface area contributed by atoms with E-state index in [-0.39, 0.29) is 0 Å². The summed E-state index contributed by atoms with van der Waals surface area (Å²) in [5.74, 6) is -1.49. The monoisotopic (exact) mass is 238 g/mol. The van der Waals surface area contributed by atoms with Crippen molar-refractivity contribution in [2.45, 2.75) is 33.1 Å². The molecule has 0 spiro atoms. The van der Waals surface area contributed by atoms with E-state index in [1.165, 1.54) is 0 Å². The van der Waals surface area contributed by atoms with Crippen molar-refractivity contribution in [1.82, 2.24) is 0 Å². The third kappa shape index (κ3) is 5.70. The van der Waals surface area contributed by atoms with Crippen LogP contribution in [0, 0.1) is 0 Å². The van der Waals surface area contributed by atoms with Gasteiger partial charge in [-0.3, -0.25) is 0 Å². The molecule has 0 amide bonds. The van der Waals surface area contributed by atoms with Gasteiger partial charge in [-0.05, 0) is 25.3 Å². The fourth-order valence-corrected chi connectivity index (χ4v) is 1.12. The van der Waals surface area contributed by atoms with E-state index in [0.717, 1.165) is 30.9 Å². The van der Waals surface area contributed by atoms with Crippen molar-refractivity contribution in [2.75, 3.05) is 0 Å². The molecule has 0 radical (unpaired) electrons. The lowest BCUT2D eigenvalue weighted by atomic mass is 10.0. The van der Waals surface area contributed by atoms with Gasteiger partial charge in [0, 0.05) is 11.6 Å². The second-order valence-electron chi connectivity index (χ2n) is 3.44. The summed E-state index contributed by atoms with van der Waals surface area (Å²) >= 11 is 0. The average Bonchev–Trinajstić information content (AvgIpc) is 2.35. The van der Waals surface area contributed by atoms with Crippen molar-refractivity contribution in [2.24, 2.45) is 0 Å². The summed E-state index contributed by atoms with van der Waals surface area (Å²) in [5.41, 5.74) is 1.19. The molecule has 0 aliphatic heterocycles. The molecule has 94 valence electrons. The topological polar surface area (TPSA) is 52.6 Å². The molecule has 0 aliphatic rings. The number of hydrogen-bond acceptors (Lipinski definition) is 4. The van der Waals surface area contributed by atoms with Crippen LogP contribution in [0.1, 0.15) is 33.1 Å². The normalized spacial score (nSPS) is 11.2. The van der Waals surface area contributed by atoms with E-state index in [1.807, 2.05) is 0 Å². The van der Waals surface area contributed by atoms with Gasteiger partial charge in [-0.1, -0.05) is 32.6 Å². The summed E-state index contributed by atoms with van der Waals surface area (Å²) in [6.07, 6.45) is 5.25. The molecule has 0 N–H and O–H groups in total. The highest BCUT2D eigenvalue weighted by Crippen LogP contribution is 2.14. The largest absolute Gasteiger partial charge is 0.382 e. The van der Waals surface area contributed by atoms with Crippen molar-refractivity contribution in [3.05, 3.63) is 36.5 Å². The molecule has 0 saturated heterocycles. The fraction of sp³-hybridized carbons (Fsp3) is 0.385. The Kier molecular flexibility index (Phi) is 7.43. The third-order valence-electron chi connectivity index (χ3n) is 2.20. The van der Waals surface area contributed by atoms with Crippen LogP contribution in [0.4, 0.5) is 0 Å². The van der Waals surface area contributed by atoms with Crippen LogP contribution in [-0.4, -0.2) is 11.9 Å². The molecular weight excluding hydrogens is 220 g/mol. The summed E-state index contributed by atoms with van der Waals surface area (Å²) in [5, 5.41) is 0. The molecule has 0 heterocycles. The maximum absolute atomic E-state index is 11.5. The molecule has 0 aliphatic carbocycles. The van der Waals surface area contributed by atoms with Crippen LogP contribution in [0.2, 0.25) is 0 Å². The molecule has 0 aromatic heterocycles. The zero-order valence-corrected chi connectivity index (χ0v) is 10.3. The van der Waals surface area contributed by atoms with Crippen LogP contribution in [0.3, 0.4) is 0 Å². The SMILES string of the molecule is C=CC(=O)OOC(=O)/C(C)=C(/C=C)CCCC. The second kappa shape index (κ2) is 8.33. The summed E-state index contributed by atoms with van der Waals surface area (Å²) in [4.78, 5) is 30.7. The zero-order chi connectivity index (χ0) is 13.3. The van der Waals surface area contributed by atoms with Crippen LogP contribution in [-0.2, 0) is 19.4 Å². The van der Waals surface area contributed by atoms with E-state index in [0.29, 0.717) is 5.57 Å². The van der Waals surface area contributed by atoms with Gasteiger partial charge in [0.1, 0.15) is 0 Å². The molecule has 4 heteroatoms. The highest BCUT2D eigenvalue weighted by molar-refractivity contribution is 5.90. The first kappa shape index (κ1) is 15.2.